The Morgan fingerprint density at radius 1 is 1.03 bits per heavy atom. The number of fused-ring (bicyclic) bond motifs is 1. The largest absolute Gasteiger partial charge is 0.465 e. The van der Waals surface area contributed by atoms with Crippen molar-refractivity contribution in [2.24, 2.45) is 0 Å². The summed E-state index contributed by atoms with van der Waals surface area (Å²) in [4.78, 5) is 36.7. The van der Waals surface area contributed by atoms with E-state index in [-0.39, 0.29) is 24.3 Å². The van der Waals surface area contributed by atoms with Crippen LogP contribution in [0.2, 0.25) is 0 Å². The number of carbonyl (C=O) groups is 2. The molecule has 0 atom stereocenters. The molecule has 1 N–H and O–H groups in total. The molecule has 158 valence electrons. The molecule has 3 rings (SSSR count). The first-order chi connectivity index (χ1) is 14.4. The third-order valence-corrected chi connectivity index (χ3v) is 4.67. The number of aromatic nitrogens is 2. The number of halogens is 2. The first kappa shape index (κ1) is 21.2. The van der Waals surface area contributed by atoms with Crippen molar-refractivity contribution in [2.45, 2.75) is 32.9 Å². The van der Waals surface area contributed by atoms with Crippen molar-refractivity contribution < 1.29 is 23.1 Å². The monoisotopic (exact) mass is 417 g/mol. The number of hydrogen-bond acceptors (Lipinski definition) is 4. The number of carbonyl (C=O) groups excluding carboxylic acids is 2. The number of nitrogens with zero attached hydrogens (tertiary/aromatic N) is 2. The fraction of sp³-hybridized carbons (Fsp3) is 0.286. The average molecular weight is 417 g/mol. The van der Waals surface area contributed by atoms with Crippen LogP contribution in [0.1, 0.15) is 30.1 Å². The lowest BCUT2D eigenvalue weighted by molar-refractivity contribution is -0.116. The maximum Gasteiger partial charge on any atom is 0.340 e. The van der Waals surface area contributed by atoms with Crippen molar-refractivity contribution >= 4 is 28.6 Å². The molecular weight excluding hydrogens is 396 g/mol. The molecule has 1 amide bonds. The molecule has 0 radical (unpaired) electrons. The van der Waals surface area contributed by atoms with Crippen LogP contribution < -0.4 is 11.0 Å². The summed E-state index contributed by atoms with van der Waals surface area (Å²) in [5, 5.41) is 2.32. The Hall–Kier alpha value is -3.49. The van der Waals surface area contributed by atoms with Crippen LogP contribution >= 0.6 is 0 Å². The van der Waals surface area contributed by atoms with E-state index in [4.69, 9.17) is 0 Å². The summed E-state index contributed by atoms with van der Waals surface area (Å²) < 4.78 is 35.3. The number of amides is 1. The topological polar surface area (TPSA) is 82.3 Å². The molecule has 0 unspecified atom stereocenters. The minimum Gasteiger partial charge on any atom is -0.465 e. The molecule has 2 aromatic carbocycles. The molecular formula is C21H21F2N3O4. The second-order valence-corrected chi connectivity index (χ2v) is 6.68. The number of benzene rings is 2. The standard InChI is InChI=1S/C21H21F2N3O4/c1-3-9-25-17-6-4-5-7-18(17)26(21(25)29)10-8-19(27)24-16-11-13(20(28)30-2)14(22)12-15(16)23/h4-7,11-12H,3,8-10H2,1-2H3,(H,24,27). The van der Waals surface area contributed by atoms with Crippen molar-refractivity contribution in [3.63, 3.8) is 0 Å². The van der Waals surface area contributed by atoms with Gasteiger partial charge < -0.3 is 10.1 Å². The Morgan fingerprint density at radius 3 is 2.27 bits per heavy atom. The highest BCUT2D eigenvalue weighted by Crippen LogP contribution is 2.21. The highest BCUT2D eigenvalue weighted by atomic mass is 19.1. The molecule has 0 spiro atoms. The fourth-order valence-electron chi connectivity index (χ4n) is 3.27. The molecule has 1 heterocycles. The van der Waals surface area contributed by atoms with Crippen LogP contribution in [0.15, 0.2) is 41.2 Å². The number of esters is 1. The number of imidazole rings is 1. The van der Waals surface area contributed by atoms with Gasteiger partial charge in [0.2, 0.25) is 5.91 Å². The molecule has 1 aromatic heterocycles. The first-order valence-corrected chi connectivity index (χ1v) is 9.42. The number of para-hydroxylation sites is 2. The summed E-state index contributed by atoms with van der Waals surface area (Å²) in [5.74, 6) is -3.69. The van der Waals surface area contributed by atoms with E-state index >= 15 is 0 Å². The van der Waals surface area contributed by atoms with Gasteiger partial charge in [0.15, 0.2) is 0 Å². The SMILES string of the molecule is CCCn1c(=O)n(CCC(=O)Nc2cc(C(=O)OC)c(F)cc2F)c2ccccc21. The summed E-state index contributed by atoms with van der Waals surface area (Å²) in [5.41, 5.74) is 0.407. The highest BCUT2D eigenvalue weighted by Gasteiger charge is 2.18. The molecule has 3 aromatic rings. The minimum atomic E-state index is -1.09. The van der Waals surface area contributed by atoms with Crippen molar-refractivity contribution in [1.29, 1.82) is 0 Å². The maximum atomic E-state index is 14.0. The van der Waals surface area contributed by atoms with Crippen molar-refractivity contribution in [3.05, 3.63) is 64.1 Å². The Bertz CT molecular complexity index is 1170. The van der Waals surface area contributed by atoms with Gasteiger partial charge in [-0.25, -0.2) is 18.4 Å². The molecule has 0 bridgehead atoms. The van der Waals surface area contributed by atoms with Crippen LogP contribution in [-0.4, -0.2) is 28.1 Å². The molecule has 9 heteroatoms. The Kier molecular flexibility index (Phi) is 6.29. The number of aryl methyl sites for hydroxylation is 2. The predicted molar refractivity (Wildman–Crippen MR) is 107 cm³/mol. The van der Waals surface area contributed by atoms with Crippen LogP contribution in [0.3, 0.4) is 0 Å². The molecule has 0 aliphatic rings. The highest BCUT2D eigenvalue weighted by molar-refractivity contribution is 5.95. The van der Waals surface area contributed by atoms with E-state index in [1.165, 1.54) is 4.57 Å². The van der Waals surface area contributed by atoms with Gasteiger partial charge in [-0.05, 0) is 24.6 Å². The normalized spacial score (nSPS) is 10.9. The zero-order valence-electron chi connectivity index (χ0n) is 16.6. The zero-order valence-corrected chi connectivity index (χ0v) is 16.6. The predicted octanol–water partition coefficient (Wildman–Crippen LogP) is 3.31. The van der Waals surface area contributed by atoms with Crippen LogP contribution in [0, 0.1) is 11.6 Å². The number of rotatable bonds is 7. The lowest BCUT2D eigenvalue weighted by Gasteiger charge is -2.09. The number of hydrogen-bond donors (Lipinski definition) is 1. The van der Waals surface area contributed by atoms with E-state index in [1.54, 1.807) is 16.7 Å². The molecule has 30 heavy (non-hydrogen) atoms. The number of ether oxygens (including phenoxy) is 1. The number of anilines is 1. The molecule has 0 saturated carbocycles. The van der Waals surface area contributed by atoms with Gasteiger partial charge in [0.25, 0.3) is 0 Å². The molecule has 0 aliphatic carbocycles. The van der Waals surface area contributed by atoms with Gasteiger partial charge in [0, 0.05) is 25.6 Å². The van der Waals surface area contributed by atoms with E-state index in [1.807, 2.05) is 19.1 Å². The summed E-state index contributed by atoms with van der Waals surface area (Å²) in [7, 11) is 1.07. The van der Waals surface area contributed by atoms with E-state index < -0.39 is 29.1 Å². The van der Waals surface area contributed by atoms with Crippen molar-refractivity contribution in [1.82, 2.24) is 9.13 Å². The number of methoxy groups -OCH3 is 1. The van der Waals surface area contributed by atoms with Gasteiger partial charge in [0.1, 0.15) is 11.6 Å². The van der Waals surface area contributed by atoms with Crippen LogP contribution in [0.5, 0.6) is 0 Å². The van der Waals surface area contributed by atoms with Gasteiger partial charge in [-0.2, -0.15) is 0 Å². The second kappa shape index (κ2) is 8.89. The van der Waals surface area contributed by atoms with Crippen LogP contribution in [-0.2, 0) is 22.6 Å². The molecule has 0 fully saturated rings. The average Bonchev–Trinajstić information content (AvgIpc) is 2.99. The Morgan fingerprint density at radius 2 is 1.67 bits per heavy atom. The van der Waals surface area contributed by atoms with Gasteiger partial charge in [-0.15, -0.1) is 0 Å². The van der Waals surface area contributed by atoms with Crippen LogP contribution in [0.4, 0.5) is 14.5 Å². The van der Waals surface area contributed by atoms with Gasteiger partial charge in [-0.1, -0.05) is 19.1 Å². The van der Waals surface area contributed by atoms with E-state index in [0.717, 1.165) is 25.1 Å². The first-order valence-electron chi connectivity index (χ1n) is 9.42. The van der Waals surface area contributed by atoms with Gasteiger partial charge >= 0.3 is 11.7 Å². The summed E-state index contributed by atoms with van der Waals surface area (Å²) >= 11 is 0. The van der Waals surface area contributed by atoms with E-state index in [9.17, 15) is 23.2 Å². The maximum absolute atomic E-state index is 14.0. The van der Waals surface area contributed by atoms with Gasteiger partial charge in [0.05, 0.1) is 29.4 Å². The summed E-state index contributed by atoms with van der Waals surface area (Å²) in [6.07, 6.45) is 0.658. The molecule has 7 nitrogen and oxygen atoms in total. The second-order valence-electron chi connectivity index (χ2n) is 6.68. The van der Waals surface area contributed by atoms with Crippen LogP contribution in [0.25, 0.3) is 11.0 Å². The zero-order chi connectivity index (χ0) is 21.8. The smallest absolute Gasteiger partial charge is 0.340 e. The van der Waals surface area contributed by atoms with Crippen molar-refractivity contribution in [2.75, 3.05) is 12.4 Å². The molecule has 0 saturated heterocycles. The number of nitrogens with one attached hydrogen (secondary N) is 1. The summed E-state index contributed by atoms with van der Waals surface area (Å²) in [6, 6.07) is 8.66. The van der Waals surface area contributed by atoms with E-state index in [0.29, 0.717) is 18.1 Å². The quantitative estimate of drug-likeness (QED) is 0.598. The van der Waals surface area contributed by atoms with Gasteiger partial charge in [-0.3, -0.25) is 13.9 Å². The van der Waals surface area contributed by atoms with E-state index in [2.05, 4.69) is 10.1 Å². The Labute approximate surface area is 170 Å². The Balaban J connectivity index is 1.80. The minimum absolute atomic E-state index is 0.0779. The van der Waals surface area contributed by atoms with Crippen molar-refractivity contribution in [3.8, 4) is 0 Å². The summed E-state index contributed by atoms with van der Waals surface area (Å²) in [6.45, 7) is 2.59. The third kappa shape index (κ3) is 4.10. The lowest BCUT2D eigenvalue weighted by atomic mass is 10.1. The third-order valence-electron chi connectivity index (χ3n) is 4.67. The lowest BCUT2D eigenvalue weighted by Crippen LogP contribution is -2.26. The molecule has 0 aliphatic heterocycles. The fourth-order valence-corrected chi connectivity index (χ4v) is 3.27.